The molecular formula is C14H13F3N2O8S2. The van der Waals surface area contributed by atoms with E-state index < -0.39 is 69.5 Å². The molecule has 0 unspecified atom stereocenters. The fourth-order valence-electron chi connectivity index (χ4n) is 2.68. The van der Waals surface area contributed by atoms with Gasteiger partial charge in [-0.2, -0.15) is 13.2 Å². The van der Waals surface area contributed by atoms with E-state index in [2.05, 4.69) is 0 Å². The van der Waals surface area contributed by atoms with Gasteiger partial charge < -0.3 is 19.9 Å². The van der Waals surface area contributed by atoms with Crippen molar-refractivity contribution < 1.29 is 51.1 Å². The Kier molecular flexibility index (Phi) is 6.44. The number of fused-ring (bicyclic) bond motifs is 1. The Morgan fingerprint density at radius 2 is 2.03 bits per heavy atom. The van der Waals surface area contributed by atoms with E-state index in [-0.39, 0.29) is 11.3 Å². The number of ether oxygens (including phenoxy) is 2. The number of nitrogens with zero attached hydrogens (tertiary/aromatic N) is 1. The van der Waals surface area contributed by atoms with E-state index in [1.54, 1.807) is 5.32 Å². The molecule has 0 spiro atoms. The molecule has 0 radical (unpaired) electrons. The van der Waals surface area contributed by atoms with Crippen LogP contribution in [0.5, 0.6) is 0 Å². The molecule has 0 saturated carbocycles. The Morgan fingerprint density at radius 1 is 1.41 bits per heavy atom. The first-order chi connectivity index (χ1) is 13.4. The van der Waals surface area contributed by atoms with Crippen molar-refractivity contribution in [3.05, 3.63) is 11.3 Å². The predicted octanol–water partition coefficient (Wildman–Crippen LogP) is -0.790. The fourth-order valence-corrected chi connectivity index (χ4v) is 4.32. The van der Waals surface area contributed by atoms with E-state index in [1.807, 2.05) is 0 Å². The highest BCUT2D eigenvalue weighted by molar-refractivity contribution is 8.00. The lowest BCUT2D eigenvalue weighted by molar-refractivity contribution is -0.192. The lowest BCUT2D eigenvalue weighted by atomic mass is 9.98. The lowest BCUT2D eigenvalue weighted by Gasteiger charge is -2.55. The van der Waals surface area contributed by atoms with Crippen LogP contribution < -0.4 is 5.32 Å². The highest BCUT2D eigenvalue weighted by Crippen LogP contribution is 2.46. The minimum absolute atomic E-state index is 0.0729. The highest BCUT2D eigenvalue weighted by Gasteiger charge is 2.67. The largest absolute Gasteiger partial charge is 0.477 e. The van der Waals surface area contributed by atoms with E-state index >= 15 is 0 Å². The molecule has 2 rings (SSSR count). The molecule has 2 aliphatic heterocycles. The van der Waals surface area contributed by atoms with Crippen LogP contribution >= 0.6 is 11.8 Å². The van der Waals surface area contributed by atoms with Gasteiger partial charge in [-0.25, -0.2) is 9.00 Å². The maximum atomic E-state index is 12.8. The molecule has 15 heteroatoms. The van der Waals surface area contributed by atoms with E-state index in [0.717, 1.165) is 30.7 Å². The number of methoxy groups -OCH3 is 1. The Hall–Kier alpha value is -2.39. The third-order valence-electron chi connectivity index (χ3n) is 3.93. The molecular weight excluding hydrogens is 445 g/mol. The van der Waals surface area contributed by atoms with Crippen LogP contribution in [-0.4, -0.2) is 79.6 Å². The molecule has 2 aliphatic rings. The number of rotatable bonds is 6. The van der Waals surface area contributed by atoms with Gasteiger partial charge in [-0.1, -0.05) is 0 Å². The van der Waals surface area contributed by atoms with Crippen LogP contribution in [0.2, 0.25) is 0 Å². The average molecular weight is 458 g/mol. The zero-order chi connectivity index (χ0) is 22.1. The fraction of sp³-hybridized carbons (Fsp3) is 0.500. The lowest BCUT2D eigenvalue weighted by Crippen LogP contribution is -2.81. The van der Waals surface area contributed by atoms with Crippen molar-refractivity contribution in [3.8, 4) is 0 Å². The molecule has 29 heavy (non-hydrogen) atoms. The molecule has 160 valence electrons. The van der Waals surface area contributed by atoms with Gasteiger partial charge in [-0.15, -0.1) is 11.8 Å². The Bertz CT molecular complexity index is 867. The number of carbonyl (C=O) groups is 4. The number of amides is 2. The quantitative estimate of drug-likeness (QED) is 0.227. The molecule has 0 aromatic heterocycles. The summed E-state index contributed by atoms with van der Waals surface area (Å²) in [5, 5.41) is 9.98. The van der Waals surface area contributed by atoms with Gasteiger partial charge in [0.25, 0.3) is 17.5 Å². The van der Waals surface area contributed by atoms with Gasteiger partial charge in [-0.05, 0) is 0 Å². The number of nitrogens with one attached hydrogen (secondary N) is 1. The first-order valence-corrected chi connectivity index (χ1v) is 9.35. The maximum absolute atomic E-state index is 12.8. The van der Waals surface area contributed by atoms with E-state index in [9.17, 15) is 41.7 Å². The zero-order valence-corrected chi connectivity index (χ0v) is 16.3. The van der Waals surface area contributed by atoms with E-state index in [1.165, 1.54) is 0 Å². The van der Waals surface area contributed by atoms with Crippen molar-refractivity contribution in [2.24, 2.45) is 0 Å². The van der Waals surface area contributed by atoms with Gasteiger partial charge in [0.05, 0.1) is 0 Å². The number of hydrogen-bond donors (Lipinski definition) is 2. The van der Waals surface area contributed by atoms with Crippen LogP contribution in [0.15, 0.2) is 11.3 Å². The number of halogens is 3. The van der Waals surface area contributed by atoms with Gasteiger partial charge >= 0.3 is 18.1 Å². The molecule has 0 aromatic rings. The first-order valence-electron chi connectivity index (χ1n) is 7.56. The normalized spacial score (nSPS) is 23.7. The number of hydrogen-bond acceptors (Lipinski definition) is 8. The molecule has 0 aliphatic carbocycles. The number of carbonyl (C=O) groups excluding carboxylic acids is 3. The van der Waals surface area contributed by atoms with Gasteiger partial charge in [-0.3, -0.25) is 19.3 Å². The molecule has 1 fully saturated rings. The topological polar surface area (TPSA) is 139 Å². The summed E-state index contributed by atoms with van der Waals surface area (Å²) < 4.78 is 58.8. The third kappa shape index (κ3) is 4.02. The second kappa shape index (κ2) is 8.16. The van der Waals surface area contributed by atoms with E-state index in [4.69, 9.17) is 9.47 Å². The Labute approximate surface area is 168 Å². The minimum Gasteiger partial charge on any atom is -0.477 e. The second-order valence-electron chi connectivity index (χ2n) is 5.68. The summed E-state index contributed by atoms with van der Waals surface area (Å²) in [7, 11) is 0.937. The highest BCUT2D eigenvalue weighted by atomic mass is 32.2. The van der Waals surface area contributed by atoms with Crippen LogP contribution in [0.4, 0.5) is 13.2 Å². The zero-order valence-electron chi connectivity index (χ0n) is 14.7. The van der Waals surface area contributed by atoms with Gasteiger partial charge in [0.15, 0.2) is 0 Å². The maximum Gasteiger partial charge on any atom is 0.434 e. The monoisotopic (exact) mass is 458 g/mol. The molecule has 2 heterocycles. The second-order valence-corrected chi connectivity index (χ2v) is 7.32. The summed E-state index contributed by atoms with van der Waals surface area (Å²) in [6.45, 7) is 0.689. The summed E-state index contributed by atoms with van der Waals surface area (Å²) in [6, 6.07) is 0. The van der Waals surface area contributed by atoms with Crippen molar-refractivity contribution in [1.29, 1.82) is 0 Å². The number of carboxylic acid groups (broad SMARTS) is 1. The third-order valence-corrected chi connectivity index (χ3v) is 5.89. The van der Waals surface area contributed by atoms with Crippen LogP contribution in [0.1, 0.15) is 6.92 Å². The number of alkyl halides is 3. The van der Waals surface area contributed by atoms with Crippen LogP contribution in [0.25, 0.3) is 0 Å². The summed E-state index contributed by atoms with van der Waals surface area (Å²) in [6.07, 6.45) is -5.25. The Morgan fingerprint density at radius 3 is 2.48 bits per heavy atom. The van der Waals surface area contributed by atoms with Crippen molar-refractivity contribution in [2.45, 2.75) is 24.2 Å². The van der Waals surface area contributed by atoms with E-state index in [0.29, 0.717) is 0 Å². The standard InChI is InChI=1S/C14H13F3N2O8S2/c1-5(20)27-3-6-4-28-12-13(26-2,11(24)19(12)7(6)10(22)23)18-9(21)8(29-25)14(15,16)17/h12H,3-4H2,1-2H3,(H,18,21)(H,22,23)/t12-,13+/m1/s1. The number of aliphatic carboxylic acids is 1. The van der Waals surface area contributed by atoms with Gasteiger partial charge in [0, 0.05) is 25.4 Å². The summed E-state index contributed by atoms with van der Waals surface area (Å²) in [5.41, 5.74) is -2.75. The molecule has 1 saturated heterocycles. The Balaban J connectivity index is 2.36. The number of carboxylic acids is 1. The van der Waals surface area contributed by atoms with Crippen LogP contribution in [0, 0.1) is 0 Å². The number of esters is 1. The average Bonchev–Trinajstić information content (AvgIpc) is 2.62. The smallest absolute Gasteiger partial charge is 0.434 e. The molecule has 0 bridgehead atoms. The molecule has 2 amide bonds. The summed E-state index contributed by atoms with van der Waals surface area (Å²) in [4.78, 5) is 45.8. The molecule has 10 nitrogen and oxygen atoms in total. The first kappa shape index (κ1) is 22.9. The SMILES string of the molecule is CO[C@@]1(NC(=O)C(=S=O)C(F)(F)F)C(=O)N2C(C(=O)O)=C(COC(C)=O)CS[C@@H]21. The van der Waals surface area contributed by atoms with Crippen molar-refractivity contribution in [1.82, 2.24) is 10.2 Å². The van der Waals surface area contributed by atoms with Crippen molar-refractivity contribution in [3.63, 3.8) is 0 Å². The van der Waals surface area contributed by atoms with Gasteiger partial charge in [0.2, 0.25) is 4.86 Å². The predicted molar refractivity (Wildman–Crippen MR) is 91.5 cm³/mol. The molecule has 2 atom stereocenters. The molecule has 2 N–H and O–H groups in total. The summed E-state index contributed by atoms with van der Waals surface area (Å²) >= 11 is -0.218. The molecule has 0 aromatic carbocycles. The van der Waals surface area contributed by atoms with Crippen LogP contribution in [0.3, 0.4) is 0 Å². The number of β-lactam (4-membered cyclic amide) rings is 1. The number of thioether (sulfide) groups is 1. The van der Waals surface area contributed by atoms with Crippen molar-refractivity contribution >= 4 is 51.6 Å². The van der Waals surface area contributed by atoms with Crippen molar-refractivity contribution in [2.75, 3.05) is 19.5 Å². The summed E-state index contributed by atoms with van der Waals surface area (Å²) in [5.74, 6) is -5.33. The van der Waals surface area contributed by atoms with Gasteiger partial charge in [0.1, 0.15) is 28.9 Å². The minimum atomic E-state index is -5.25. The van der Waals surface area contributed by atoms with Crippen LogP contribution in [-0.2, 0) is 39.9 Å².